The minimum absolute atomic E-state index is 0.0481. The molecule has 0 heterocycles. The predicted molar refractivity (Wildman–Crippen MR) is 101 cm³/mol. The van der Waals surface area contributed by atoms with Gasteiger partial charge in [-0.15, -0.1) is 0 Å². The highest BCUT2D eigenvalue weighted by Crippen LogP contribution is 2.15. The van der Waals surface area contributed by atoms with Crippen molar-refractivity contribution < 1.29 is 18.1 Å². The lowest BCUT2D eigenvalue weighted by atomic mass is 10.1. The first-order valence-corrected chi connectivity index (χ1v) is 10.1. The van der Waals surface area contributed by atoms with Crippen molar-refractivity contribution in [2.45, 2.75) is 24.4 Å². The number of quaternary nitrogens is 1. The number of carbonyl (C=O) groups excluding carboxylic acids is 1. The average molecular weight is 397 g/mol. The Morgan fingerprint density at radius 3 is 2.27 bits per heavy atom. The normalized spacial score (nSPS) is 13.8. The average Bonchev–Trinajstić information content (AvgIpc) is 2.56. The number of primary sulfonamides is 1. The lowest BCUT2D eigenvalue weighted by molar-refractivity contribution is -0.885. The third-order valence-electron chi connectivity index (χ3n) is 3.97. The van der Waals surface area contributed by atoms with Gasteiger partial charge in [0, 0.05) is 10.6 Å². The van der Waals surface area contributed by atoms with Crippen LogP contribution in [0, 0.1) is 0 Å². The van der Waals surface area contributed by atoms with Gasteiger partial charge in [-0.1, -0.05) is 35.9 Å². The third kappa shape index (κ3) is 6.10. The van der Waals surface area contributed by atoms with Crippen molar-refractivity contribution in [2.75, 3.05) is 13.6 Å². The number of hydrogen-bond donors (Lipinski definition) is 3. The molecule has 0 spiro atoms. The van der Waals surface area contributed by atoms with Crippen LogP contribution in [0.25, 0.3) is 0 Å². The predicted octanol–water partition coefficient (Wildman–Crippen LogP) is 0.880. The van der Waals surface area contributed by atoms with Crippen LogP contribution in [0.4, 0.5) is 0 Å². The summed E-state index contributed by atoms with van der Waals surface area (Å²) in [6, 6.07) is 13.5. The van der Waals surface area contributed by atoms with Crippen LogP contribution in [0.2, 0.25) is 5.02 Å². The Balaban J connectivity index is 1.89. The number of nitrogens with two attached hydrogens (primary N) is 1. The summed E-state index contributed by atoms with van der Waals surface area (Å²) in [4.78, 5) is 13.3. The van der Waals surface area contributed by atoms with Crippen LogP contribution in [-0.4, -0.2) is 27.9 Å². The highest BCUT2D eigenvalue weighted by atomic mass is 35.5. The summed E-state index contributed by atoms with van der Waals surface area (Å²) in [5.74, 6) is -0.0838. The van der Waals surface area contributed by atoms with Crippen LogP contribution < -0.4 is 15.4 Å². The zero-order chi connectivity index (χ0) is 19.3. The highest BCUT2D eigenvalue weighted by molar-refractivity contribution is 7.89. The van der Waals surface area contributed by atoms with E-state index in [9.17, 15) is 13.2 Å². The first-order valence-electron chi connectivity index (χ1n) is 8.13. The quantitative estimate of drug-likeness (QED) is 0.648. The monoisotopic (exact) mass is 396 g/mol. The molecule has 0 saturated carbocycles. The number of likely N-dealkylation sites (N-methyl/N-ethyl adjacent to an activating group) is 1. The van der Waals surface area contributed by atoms with Gasteiger partial charge in [-0.2, -0.15) is 0 Å². The van der Waals surface area contributed by atoms with Crippen molar-refractivity contribution in [2.24, 2.45) is 5.14 Å². The lowest BCUT2D eigenvalue weighted by Crippen LogP contribution is -3.08. The summed E-state index contributed by atoms with van der Waals surface area (Å²) >= 11 is 5.87. The van der Waals surface area contributed by atoms with Crippen LogP contribution in [0.1, 0.15) is 24.1 Å². The second-order valence-electron chi connectivity index (χ2n) is 6.34. The van der Waals surface area contributed by atoms with Crippen LogP contribution in [0.3, 0.4) is 0 Å². The van der Waals surface area contributed by atoms with Crippen molar-refractivity contribution in [1.29, 1.82) is 0 Å². The zero-order valence-corrected chi connectivity index (χ0v) is 16.3. The van der Waals surface area contributed by atoms with E-state index in [0.29, 0.717) is 18.1 Å². The molecule has 0 aliphatic carbocycles. The molecular weight excluding hydrogens is 374 g/mol. The Labute approximate surface area is 159 Å². The summed E-state index contributed by atoms with van der Waals surface area (Å²) in [7, 11) is -1.77. The molecule has 8 heteroatoms. The molecule has 2 aromatic carbocycles. The molecule has 140 valence electrons. The van der Waals surface area contributed by atoms with Crippen molar-refractivity contribution >= 4 is 27.5 Å². The van der Waals surface area contributed by atoms with Gasteiger partial charge in [0.15, 0.2) is 6.54 Å². The van der Waals surface area contributed by atoms with E-state index in [1.165, 1.54) is 12.1 Å². The Bertz CT molecular complexity index is 852. The molecule has 4 N–H and O–H groups in total. The topological polar surface area (TPSA) is 93.7 Å². The van der Waals surface area contributed by atoms with E-state index in [1.54, 1.807) is 12.1 Å². The number of hydrogen-bond acceptors (Lipinski definition) is 3. The number of amides is 1. The first-order chi connectivity index (χ1) is 12.1. The number of sulfonamides is 1. The molecule has 6 nitrogen and oxygen atoms in total. The van der Waals surface area contributed by atoms with Gasteiger partial charge < -0.3 is 10.2 Å². The van der Waals surface area contributed by atoms with Gasteiger partial charge in [-0.3, -0.25) is 4.79 Å². The maximum atomic E-state index is 12.2. The van der Waals surface area contributed by atoms with E-state index < -0.39 is 10.0 Å². The van der Waals surface area contributed by atoms with Crippen LogP contribution in [-0.2, 0) is 21.4 Å². The summed E-state index contributed by atoms with van der Waals surface area (Å²) in [5, 5.41) is 8.69. The van der Waals surface area contributed by atoms with Crippen LogP contribution in [0.15, 0.2) is 53.4 Å². The molecule has 2 aromatic rings. The van der Waals surface area contributed by atoms with E-state index in [2.05, 4.69) is 5.32 Å². The number of benzene rings is 2. The standard InChI is InChI=1S/C18H22ClN3O3S/c1-13(15-5-9-17(10-6-15)26(20,24)25)21-18(23)12-22(2)11-14-3-7-16(19)8-4-14/h3-10,13H,11-12H2,1-2H3,(H,21,23)(H2,20,24,25)/p+1/t13-/m0/s1. The molecule has 2 rings (SSSR count). The Morgan fingerprint density at radius 1 is 1.15 bits per heavy atom. The van der Waals surface area contributed by atoms with E-state index in [1.807, 2.05) is 38.2 Å². The molecule has 0 aromatic heterocycles. The third-order valence-corrected chi connectivity index (χ3v) is 5.15. The maximum absolute atomic E-state index is 12.2. The Hall–Kier alpha value is -1.93. The molecule has 0 saturated heterocycles. The molecule has 1 unspecified atom stereocenters. The van der Waals surface area contributed by atoms with Gasteiger partial charge in [0.25, 0.3) is 5.91 Å². The van der Waals surface area contributed by atoms with E-state index in [4.69, 9.17) is 16.7 Å². The van der Waals surface area contributed by atoms with Crippen molar-refractivity contribution in [3.05, 3.63) is 64.7 Å². The number of nitrogens with one attached hydrogen (secondary N) is 2. The van der Waals surface area contributed by atoms with Crippen molar-refractivity contribution in [3.8, 4) is 0 Å². The maximum Gasteiger partial charge on any atom is 0.275 e. The smallest absolute Gasteiger partial charge is 0.275 e. The van der Waals surface area contributed by atoms with E-state index >= 15 is 0 Å². The molecule has 0 bridgehead atoms. The minimum Gasteiger partial charge on any atom is -0.345 e. The summed E-state index contributed by atoms with van der Waals surface area (Å²) in [5.41, 5.74) is 1.91. The van der Waals surface area contributed by atoms with Gasteiger partial charge in [0.2, 0.25) is 10.0 Å². The SMILES string of the molecule is C[C@H](NC(=O)C[NH+](C)Cc1ccc(Cl)cc1)c1ccc(S(N)(=O)=O)cc1. The van der Waals surface area contributed by atoms with Gasteiger partial charge in [0.05, 0.1) is 18.0 Å². The fraction of sp³-hybridized carbons (Fsp3) is 0.278. The van der Waals surface area contributed by atoms with Crippen molar-refractivity contribution in [1.82, 2.24) is 5.32 Å². The van der Waals surface area contributed by atoms with E-state index in [-0.39, 0.29) is 16.8 Å². The fourth-order valence-corrected chi connectivity index (χ4v) is 3.25. The molecule has 26 heavy (non-hydrogen) atoms. The number of halogens is 1. The molecule has 0 radical (unpaired) electrons. The summed E-state index contributed by atoms with van der Waals surface area (Å²) in [6.07, 6.45) is 0. The Morgan fingerprint density at radius 2 is 1.73 bits per heavy atom. The second-order valence-corrected chi connectivity index (χ2v) is 8.34. The second kappa shape index (κ2) is 8.64. The van der Waals surface area contributed by atoms with Gasteiger partial charge in [-0.05, 0) is 36.8 Å². The molecule has 2 atom stereocenters. The number of carbonyl (C=O) groups is 1. The molecule has 0 aliphatic heterocycles. The van der Waals surface area contributed by atoms with Crippen molar-refractivity contribution in [3.63, 3.8) is 0 Å². The zero-order valence-electron chi connectivity index (χ0n) is 14.7. The van der Waals surface area contributed by atoms with E-state index in [0.717, 1.165) is 16.0 Å². The molecule has 0 fully saturated rings. The lowest BCUT2D eigenvalue weighted by Gasteiger charge is -2.17. The van der Waals surface area contributed by atoms with Gasteiger partial charge >= 0.3 is 0 Å². The minimum atomic E-state index is -3.72. The summed E-state index contributed by atoms with van der Waals surface area (Å²) in [6.45, 7) is 2.88. The Kier molecular flexibility index (Phi) is 6.77. The van der Waals surface area contributed by atoms with Gasteiger partial charge in [0.1, 0.15) is 6.54 Å². The highest BCUT2D eigenvalue weighted by Gasteiger charge is 2.15. The largest absolute Gasteiger partial charge is 0.345 e. The summed E-state index contributed by atoms with van der Waals surface area (Å²) < 4.78 is 22.6. The number of rotatable bonds is 7. The van der Waals surface area contributed by atoms with Crippen LogP contribution in [0.5, 0.6) is 0 Å². The van der Waals surface area contributed by atoms with Crippen LogP contribution >= 0.6 is 11.6 Å². The molecule has 1 amide bonds. The van der Waals surface area contributed by atoms with Gasteiger partial charge in [-0.25, -0.2) is 13.6 Å². The molecular formula is C18H23ClN3O3S+. The fourth-order valence-electron chi connectivity index (χ4n) is 2.61. The first kappa shape index (κ1) is 20.4. The molecule has 0 aliphatic rings.